The van der Waals surface area contributed by atoms with Gasteiger partial charge in [0.05, 0.1) is 21.7 Å². The Kier molecular flexibility index (Phi) is 3.70. The van der Waals surface area contributed by atoms with Crippen LogP contribution in [0.25, 0.3) is 11.1 Å². The van der Waals surface area contributed by atoms with Crippen LogP contribution in [0.15, 0.2) is 66.7 Å². The van der Waals surface area contributed by atoms with E-state index in [4.69, 9.17) is 0 Å². The van der Waals surface area contributed by atoms with E-state index in [9.17, 15) is 24.8 Å². The molecule has 7 heteroatoms. The summed E-state index contributed by atoms with van der Waals surface area (Å²) >= 11 is 0. The van der Waals surface area contributed by atoms with Gasteiger partial charge < -0.3 is 5.11 Å². The molecule has 0 saturated carbocycles. The van der Waals surface area contributed by atoms with E-state index in [0.29, 0.717) is 5.69 Å². The van der Waals surface area contributed by atoms with Crippen molar-refractivity contribution in [2.45, 2.75) is 0 Å². The first-order valence-electron chi connectivity index (χ1n) is 8.02. The molecule has 0 spiro atoms. The highest BCUT2D eigenvalue weighted by atomic mass is 16.6. The normalized spacial score (nSPS) is 13.0. The number of hydrogen-bond acceptors (Lipinski definition) is 5. The van der Waals surface area contributed by atoms with Crippen LogP contribution in [0, 0.1) is 10.1 Å². The zero-order valence-electron chi connectivity index (χ0n) is 13.8. The Morgan fingerprint density at radius 3 is 1.93 bits per heavy atom. The van der Waals surface area contributed by atoms with Crippen LogP contribution in [0.3, 0.4) is 0 Å². The van der Waals surface area contributed by atoms with Gasteiger partial charge in [-0.05, 0) is 41.5 Å². The van der Waals surface area contributed by atoms with Gasteiger partial charge in [0.25, 0.3) is 17.5 Å². The van der Waals surface area contributed by atoms with Crippen LogP contribution >= 0.6 is 0 Å². The number of amides is 2. The van der Waals surface area contributed by atoms with E-state index < -0.39 is 16.7 Å². The average molecular weight is 360 g/mol. The molecule has 132 valence electrons. The van der Waals surface area contributed by atoms with Gasteiger partial charge in [0, 0.05) is 12.1 Å². The van der Waals surface area contributed by atoms with Crippen molar-refractivity contribution < 1.29 is 19.6 Å². The standard InChI is InChI=1S/C20H12N2O5/c23-16-8-3-13(4-9-16)12-1-5-14(6-2-12)21-19(24)17-10-7-15(22(26)27)11-18(17)20(21)25/h1-11,23H. The molecule has 0 radical (unpaired) electrons. The maximum Gasteiger partial charge on any atom is 0.270 e. The van der Waals surface area contributed by atoms with Crippen molar-refractivity contribution in [1.82, 2.24) is 0 Å². The van der Waals surface area contributed by atoms with Gasteiger partial charge in [-0.3, -0.25) is 19.7 Å². The summed E-state index contributed by atoms with van der Waals surface area (Å²) in [5, 5.41) is 20.3. The Bertz CT molecular complexity index is 1090. The van der Waals surface area contributed by atoms with Crippen molar-refractivity contribution in [3.63, 3.8) is 0 Å². The van der Waals surface area contributed by atoms with Crippen LogP contribution in [0.2, 0.25) is 0 Å². The first-order chi connectivity index (χ1) is 13.0. The largest absolute Gasteiger partial charge is 0.508 e. The summed E-state index contributed by atoms with van der Waals surface area (Å²) in [6, 6.07) is 17.1. The second kappa shape index (κ2) is 6.06. The highest BCUT2D eigenvalue weighted by Gasteiger charge is 2.37. The number of nitrogens with zero attached hydrogens (tertiary/aromatic N) is 2. The van der Waals surface area contributed by atoms with Crippen LogP contribution in [-0.2, 0) is 0 Å². The highest BCUT2D eigenvalue weighted by Crippen LogP contribution is 2.32. The van der Waals surface area contributed by atoms with E-state index in [2.05, 4.69) is 0 Å². The molecule has 2 amide bonds. The minimum absolute atomic E-state index is 0.0248. The zero-order chi connectivity index (χ0) is 19.1. The lowest BCUT2D eigenvalue weighted by Crippen LogP contribution is -2.29. The Hall–Kier alpha value is -4.00. The number of benzene rings is 3. The monoisotopic (exact) mass is 360 g/mol. The van der Waals surface area contributed by atoms with Crippen molar-refractivity contribution in [2.24, 2.45) is 0 Å². The zero-order valence-corrected chi connectivity index (χ0v) is 13.8. The molecule has 0 atom stereocenters. The van der Waals surface area contributed by atoms with E-state index in [1.54, 1.807) is 48.5 Å². The van der Waals surface area contributed by atoms with E-state index in [0.717, 1.165) is 22.1 Å². The molecular formula is C20H12N2O5. The van der Waals surface area contributed by atoms with Gasteiger partial charge in [0.15, 0.2) is 0 Å². The number of nitro groups is 1. The molecule has 0 saturated heterocycles. The van der Waals surface area contributed by atoms with Crippen LogP contribution < -0.4 is 4.90 Å². The topological polar surface area (TPSA) is 101 Å². The molecule has 0 aromatic heterocycles. The van der Waals surface area contributed by atoms with E-state index in [1.165, 1.54) is 12.1 Å². The van der Waals surface area contributed by atoms with Crippen LogP contribution in [0.5, 0.6) is 5.75 Å². The lowest BCUT2D eigenvalue weighted by Gasteiger charge is -2.14. The number of nitro benzene ring substituents is 1. The minimum atomic E-state index is -0.604. The van der Waals surface area contributed by atoms with Gasteiger partial charge in [0.2, 0.25) is 0 Å². The van der Waals surface area contributed by atoms with Crippen molar-refractivity contribution in [1.29, 1.82) is 0 Å². The lowest BCUT2D eigenvalue weighted by molar-refractivity contribution is -0.384. The number of aromatic hydroxyl groups is 1. The van der Waals surface area contributed by atoms with Gasteiger partial charge in [-0.15, -0.1) is 0 Å². The summed E-state index contributed by atoms with van der Waals surface area (Å²) in [4.78, 5) is 36.5. The molecule has 0 aliphatic carbocycles. The van der Waals surface area contributed by atoms with Crippen LogP contribution in [0.4, 0.5) is 11.4 Å². The van der Waals surface area contributed by atoms with E-state index >= 15 is 0 Å². The van der Waals surface area contributed by atoms with Crippen molar-refractivity contribution in [2.75, 3.05) is 4.90 Å². The molecule has 1 aliphatic rings. The number of phenols is 1. The quantitative estimate of drug-likeness (QED) is 0.435. The molecule has 0 unspecified atom stereocenters. The number of hydrogen-bond donors (Lipinski definition) is 1. The third kappa shape index (κ3) is 2.71. The van der Waals surface area contributed by atoms with E-state index in [1.807, 2.05) is 0 Å². The maximum atomic E-state index is 12.6. The average Bonchev–Trinajstić information content (AvgIpc) is 2.93. The number of fused-ring (bicyclic) bond motifs is 1. The second-order valence-corrected chi connectivity index (χ2v) is 6.03. The number of phenolic OH excluding ortho intramolecular Hbond substituents is 1. The fourth-order valence-electron chi connectivity index (χ4n) is 3.03. The molecular weight excluding hydrogens is 348 g/mol. The molecule has 3 aromatic rings. The summed E-state index contributed by atoms with van der Waals surface area (Å²) < 4.78 is 0. The van der Waals surface area contributed by atoms with Gasteiger partial charge in [-0.25, -0.2) is 4.90 Å². The highest BCUT2D eigenvalue weighted by molar-refractivity contribution is 6.34. The van der Waals surface area contributed by atoms with Crippen molar-refractivity contribution >= 4 is 23.2 Å². The summed E-state index contributed by atoms with van der Waals surface area (Å²) in [5.41, 5.74) is 2.04. The third-order valence-corrected chi connectivity index (χ3v) is 4.41. The predicted molar refractivity (Wildman–Crippen MR) is 97.8 cm³/mol. The molecule has 3 aromatic carbocycles. The summed E-state index contributed by atoms with van der Waals surface area (Å²) in [5.74, 6) is -0.936. The number of carbonyl (C=O) groups excluding carboxylic acids is 2. The summed E-state index contributed by atoms with van der Waals surface area (Å²) in [7, 11) is 0. The lowest BCUT2D eigenvalue weighted by atomic mass is 10.1. The first-order valence-corrected chi connectivity index (χ1v) is 8.02. The van der Waals surface area contributed by atoms with Crippen LogP contribution in [0.1, 0.15) is 20.7 Å². The summed E-state index contributed by atoms with van der Waals surface area (Å²) in [6.07, 6.45) is 0. The molecule has 1 heterocycles. The smallest absolute Gasteiger partial charge is 0.270 e. The molecule has 27 heavy (non-hydrogen) atoms. The summed E-state index contributed by atoms with van der Waals surface area (Å²) in [6.45, 7) is 0. The Balaban J connectivity index is 1.67. The fourth-order valence-corrected chi connectivity index (χ4v) is 3.03. The maximum absolute atomic E-state index is 12.6. The predicted octanol–water partition coefficient (Wildman–Crippen LogP) is 3.77. The Morgan fingerprint density at radius 2 is 1.33 bits per heavy atom. The Labute approximate surface area is 153 Å². The number of imide groups is 1. The Morgan fingerprint density at radius 1 is 0.778 bits per heavy atom. The van der Waals surface area contributed by atoms with Gasteiger partial charge in [0.1, 0.15) is 5.75 Å². The molecule has 1 N–H and O–H groups in total. The molecule has 4 rings (SSSR count). The number of rotatable bonds is 3. The molecule has 1 aliphatic heterocycles. The SMILES string of the molecule is O=C1c2ccc([N+](=O)[O-])cc2C(=O)N1c1ccc(-c2ccc(O)cc2)cc1. The number of carbonyl (C=O) groups is 2. The van der Waals surface area contributed by atoms with Crippen LogP contribution in [-0.4, -0.2) is 21.8 Å². The van der Waals surface area contributed by atoms with Gasteiger partial charge >= 0.3 is 0 Å². The van der Waals surface area contributed by atoms with Gasteiger partial charge in [-0.1, -0.05) is 24.3 Å². The number of anilines is 1. The second-order valence-electron chi connectivity index (χ2n) is 6.03. The van der Waals surface area contributed by atoms with Gasteiger partial charge in [-0.2, -0.15) is 0 Å². The van der Waals surface area contributed by atoms with Crippen molar-refractivity contribution in [3.8, 4) is 16.9 Å². The molecule has 0 bridgehead atoms. The van der Waals surface area contributed by atoms with E-state index in [-0.39, 0.29) is 22.6 Å². The fraction of sp³-hybridized carbons (Fsp3) is 0. The van der Waals surface area contributed by atoms with Crippen molar-refractivity contribution in [3.05, 3.63) is 88.0 Å². The molecule has 7 nitrogen and oxygen atoms in total. The first kappa shape index (κ1) is 16.5. The number of non-ortho nitro benzene ring substituents is 1. The molecule has 0 fully saturated rings. The minimum Gasteiger partial charge on any atom is -0.508 e. The third-order valence-electron chi connectivity index (χ3n) is 4.41.